The molecule has 1 atom stereocenters. The first-order valence-corrected chi connectivity index (χ1v) is 7.87. The van der Waals surface area contributed by atoms with Gasteiger partial charge in [0.25, 0.3) is 0 Å². The molecule has 0 saturated carbocycles. The van der Waals surface area contributed by atoms with Gasteiger partial charge in [-0.05, 0) is 32.1 Å². The van der Waals surface area contributed by atoms with Crippen LogP contribution in [0.25, 0.3) is 0 Å². The summed E-state index contributed by atoms with van der Waals surface area (Å²) < 4.78 is 22.9. The van der Waals surface area contributed by atoms with Crippen molar-refractivity contribution < 1.29 is 18.9 Å². The average molecular weight is 282 g/mol. The van der Waals surface area contributed by atoms with Crippen molar-refractivity contribution in [2.75, 3.05) is 26.4 Å². The molecule has 0 aromatic heterocycles. The van der Waals surface area contributed by atoms with Gasteiger partial charge in [0, 0.05) is 5.92 Å². The second-order valence-corrected chi connectivity index (χ2v) is 6.38. The summed E-state index contributed by atoms with van der Waals surface area (Å²) in [5.74, 6) is 1.48. The Balaban J connectivity index is 1.47. The molecule has 0 N–H and O–H groups in total. The summed E-state index contributed by atoms with van der Waals surface area (Å²) in [5.41, 5.74) is 1.53. The van der Waals surface area contributed by atoms with Gasteiger partial charge in [0.1, 0.15) is 0 Å². The molecule has 2 saturated heterocycles. The largest absolute Gasteiger partial charge is 0.352 e. The zero-order valence-corrected chi connectivity index (χ0v) is 12.5. The standard InChI is InChI=1S/C16H26O4/c1-11-3-5-13(6-4-11)14-7-19-16(20-8-14)15-9-17-12(2)18-10-15/h5,11-12,14-16H,3-4,6-10H2,1-2H3. The number of ether oxygens (including phenoxy) is 4. The summed E-state index contributed by atoms with van der Waals surface area (Å²) >= 11 is 0. The quantitative estimate of drug-likeness (QED) is 0.730. The lowest BCUT2D eigenvalue weighted by Crippen LogP contribution is -2.44. The smallest absolute Gasteiger partial charge is 0.164 e. The number of hydrogen-bond acceptors (Lipinski definition) is 4. The maximum absolute atomic E-state index is 5.92. The van der Waals surface area contributed by atoms with Crippen LogP contribution < -0.4 is 0 Å². The third-order valence-corrected chi connectivity index (χ3v) is 4.63. The molecule has 2 aliphatic heterocycles. The van der Waals surface area contributed by atoms with E-state index >= 15 is 0 Å². The number of rotatable bonds is 2. The first-order valence-electron chi connectivity index (χ1n) is 7.87. The minimum absolute atomic E-state index is 0.100. The van der Waals surface area contributed by atoms with Gasteiger partial charge in [0.15, 0.2) is 12.6 Å². The van der Waals surface area contributed by atoms with Crippen LogP contribution in [0.3, 0.4) is 0 Å². The van der Waals surface area contributed by atoms with Gasteiger partial charge < -0.3 is 18.9 Å². The molecule has 0 aromatic carbocycles. The molecule has 0 aromatic rings. The molecule has 1 aliphatic carbocycles. The first-order chi connectivity index (χ1) is 9.72. The Bertz CT molecular complexity index is 338. The van der Waals surface area contributed by atoms with Crippen molar-refractivity contribution in [3.05, 3.63) is 11.6 Å². The fourth-order valence-electron chi connectivity index (χ4n) is 3.13. The van der Waals surface area contributed by atoms with E-state index in [-0.39, 0.29) is 18.5 Å². The summed E-state index contributed by atoms with van der Waals surface area (Å²) in [6.45, 7) is 7.12. The van der Waals surface area contributed by atoms with Crippen LogP contribution in [0.2, 0.25) is 0 Å². The molecule has 0 amide bonds. The summed E-state index contributed by atoms with van der Waals surface area (Å²) in [6.07, 6.45) is 5.85. The Kier molecular flexibility index (Phi) is 4.76. The van der Waals surface area contributed by atoms with Crippen LogP contribution in [0, 0.1) is 17.8 Å². The maximum Gasteiger partial charge on any atom is 0.164 e. The van der Waals surface area contributed by atoms with Crippen LogP contribution >= 0.6 is 0 Å². The van der Waals surface area contributed by atoms with E-state index in [4.69, 9.17) is 18.9 Å². The molecule has 3 rings (SSSR count). The lowest BCUT2D eigenvalue weighted by Gasteiger charge is -2.38. The van der Waals surface area contributed by atoms with Crippen LogP contribution in [0.1, 0.15) is 33.1 Å². The van der Waals surface area contributed by atoms with Crippen molar-refractivity contribution >= 4 is 0 Å². The second kappa shape index (κ2) is 6.56. The van der Waals surface area contributed by atoms with Gasteiger partial charge in [-0.25, -0.2) is 0 Å². The molecular formula is C16H26O4. The van der Waals surface area contributed by atoms with Gasteiger partial charge in [-0.2, -0.15) is 0 Å². The molecule has 1 unspecified atom stereocenters. The van der Waals surface area contributed by atoms with Gasteiger partial charge in [-0.1, -0.05) is 18.6 Å². The monoisotopic (exact) mass is 282 g/mol. The van der Waals surface area contributed by atoms with E-state index in [1.54, 1.807) is 0 Å². The third kappa shape index (κ3) is 3.42. The van der Waals surface area contributed by atoms with Gasteiger partial charge >= 0.3 is 0 Å². The molecule has 20 heavy (non-hydrogen) atoms. The molecule has 0 radical (unpaired) electrons. The number of hydrogen-bond donors (Lipinski definition) is 0. The Morgan fingerprint density at radius 1 is 0.950 bits per heavy atom. The van der Waals surface area contributed by atoms with E-state index in [2.05, 4.69) is 13.0 Å². The van der Waals surface area contributed by atoms with E-state index in [1.165, 1.54) is 24.8 Å². The second-order valence-electron chi connectivity index (χ2n) is 6.38. The van der Waals surface area contributed by atoms with E-state index in [0.717, 1.165) is 19.1 Å². The normalized spacial score (nSPS) is 43.1. The predicted octanol–water partition coefficient (Wildman–Crippen LogP) is 2.73. The number of allylic oxidation sites excluding steroid dienone is 1. The third-order valence-electron chi connectivity index (χ3n) is 4.63. The zero-order valence-electron chi connectivity index (χ0n) is 12.5. The minimum atomic E-state index is -0.165. The highest BCUT2D eigenvalue weighted by Gasteiger charge is 2.33. The van der Waals surface area contributed by atoms with Crippen molar-refractivity contribution in [2.24, 2.45) is 17.8 Å². The van der Waals surface area contributed by atoms with Crippen molar-refractivity contribution in [3.8, 4) is 0 Å². The molecule has 4 nitrogen and oxygen atoms in total. The highest BCUT2D eigenvalue weighted by Crippen LogP contribution is 2.31. The van der Waals surface area contributed by atoms with Crippen LogP contribution in [-0.2, 0) is 18.9 Å². The fourth-order valence-corrected chi connectivity index (χ4v) is 3.13. The van der Waals surface area contributed by atoms with Crippen molar-refractivity contribution in [2.45, 2.75) is 45.7 Å². The fraction of sp³-hybridized carbons (Fsp3) is 0.875. The molecule has 2 fully saturated rings. The van der Waals surface area contributed by atoms with Gasteiger partial charge in [0.2, 0.25) is 0 Å². The Labute approximate surface area is 121 Å². The van der Waals surface area contributed by atoms with Crippen LogP contribution in [0.5, 0.6) is 0 Å². The zero-order chi connectivity index (χ0) is 13.9. The van der Waals surface area contributed by atoms with Gasteiger partial charge in [-0.3, -0.25) is 0 Å². The predicted molar refractivity (Wildman–Crippen MR) is 75.1 cm³/mol. The van der Waals surface area contributed by atoms with Crippen LogP contribution in [0.15, 0.2) is 11.6 Å². The lowest BCUT2D eigenvalue weighted by molar-refractivity contribution is -0.274. The van der Waals surface area contributed by atoms with Crippen LogP contribution in [-0.4, -0.2) is 39.0 Å². The molecule has 0 spiro atoms. The summed E-state index contributed by atoms with van der Waals surface area (Å²) in [6, 6.07) is 0. The molecule has 114 valence electrons. The molecule has 2 heterocycles. The molecular weight excluding hydrogens is 256 g/mol. The van der Waals surface area contributed by atoms with E-state index < -0.39 is 0 Å². The van der Waals surface area contributed by atoms with E-state index in [0.29, 0.717) is 19.1 Å². The van der Waals surface area contributed by atoms with Crippen molar-refractivity contribution in [1.82, 2.24) is 0 Å². The Hall–Kier alpha value is -0.420. The summed E-state index contributed by atoms with van der Waals surface area (Å²) in [4.78, 5) is 0. The van der Waals surface area contributed by atoms with Crippen molar-refractivity contribution in [1.29, 1.82) is 0 Å². The summed E-state index contributed by atoms with van der Waals surface area (Å²) in [5, 5.41) is 0. The highest BCUT2D eigenvalue weighted by atomic mass is 16.7. The minimum Gasteiger partial charge on any atom is -0.352 e. The lowest BCUT2D eigenvalue weighted by atomic mass is 9.85. The Morgan fingerprint density at radius 3 is 2.25 bits per heavy atom. The van der Waals surface area contributed by atoms with Crippen LogP contribution in [0.4, 0.5) is 0 Å². The molecule has 0 bridgehead atoms. The Morgan fingerprint density at radius 2 is 1.65 bits per heavy atom. The maximum atomic E-state index is 5.92. The SMILES string of the molecule is CC1CC=C(C2COC(C3COC(C)OC3)OC2)CC1. The molecule has 4 heteroatoms. The van der Waals surface area contributed by atoms with Crippen molar-refractivity contribution in [3.63, 3.8) is 0 Å². The van der Waals surface area contributed by atoms with Gasteiger partial charge in [-0.15, -0.1) is 0 Å². The van der Waals surface area contributed by atoms with E-state index in [1.807, 2.05) is 6.92 Å². The average Bonchev–Trinajstić information content (AvgIpc) is 2.49. The summed E-state index contributed by atoms with van der Waals surface area (Å²) in [7, 11) is 0. The van der Waals surface area contributed by atoms with Gasteiger partial charge in [0.05, 0.1) is 32.3 Å². The molecule has 3 aliphatic rings. The topological polar surface area (TPSA) is 36.9 Å². The first kappa shape index (κ1) is 14.5. The van der Waals surface area contributed by atoms with E-state index in [9.17, 15) is 0 Å². The highest BCUT2D eigenvalue weighted by molar-refractivity contribution is 5.11.